The summed E-state index contributed by atoms with van der Waals surface area (Å²) in [7, 11) is 0. The lowest BCUT2D eigenvalue weighted by atomic mass is 9.90. The van der Waals surface area contributed by atoms with Crippen LogP contribution in [0.5, 0.6) is 23.0 Å². The van der Waals surface area contributed by atoms with Crippen LogP contribution in [0.1, 0.15) is 134 Å². The number of hydrogen-bond acceptors (Lipinski definition) is 17. The van der Waals surface area contributed by atoms with Gasteiger partial charge < -0.3 is 59.2 Å². The Morgan fingerprint density at radius 3 is 0.988 bits per heavy atom. The summed E-state index contributed by atoms with van der Waals surface area (Å²) >= 11 is 0. The first-order valence-electron chi connectivity index (χ1n) is 28.2. The van der Waals surface area contributed by atoms with E-state index in [-0.39, 0.29) is 123 Å². The quantitative estimate of drug-likeness (QED) is 0.0428. The fraction of sp³-hybridized carbons (Fsp3) is 0.413. The standard InChI is InChI=1S/C63H73N5O16/c1-9-77-52(69)32-81-56-38-16-13-17-39(56)25-43-29-47-31-45(59(43)84-35-55(72)80-12-4)27-41-19-14-18-40(57(41)82-33-53(70)78-10-2)26-44-30-46(28-42(24-38)58(44)83-34-54(71)79-11-3)64-62(75)50(22-36(5)6)67-60(73)48-20-15-21-49(66-48)61(74)68-51(23-37(7)8)63(76)65-47/h13-21,28-31,36-37,50-51H,9-12,22-27,32-35H2,1-8H3,(H,64,75)(H,65,76)(H,67,73)(H,68,74)/t50-,51-/m0/s1. The molecular weight excluding hydrogens is 1080 g/mol. The van der Waals surface area contributed by atoms with Gasteiger partial charge in [-0.2, -0.15) is 0 Å². The summed E-state index contributed by atoms with van der Waals surface area (Å²) in [6.45, 7) is 12.4. The van der Waals surface area contributed by atoms with Crippen molar-refractivity contribution in [3.8, 4) is 23.0 Å². The maximum atomic E-state index is 14.8. The van der Waals surface area contributed by atoms with Gasteiger partial charge in [-0.25, -0.2) is 24.2 Å². The number of hydrogen-bond donors (Lipinski definition) is 4. The average molecular weight is 1160 g/mol. The Labute approximate surface area is 488 Å². The van der Waals surface area contributed by atoms with Gasteiger partial charge in [0.25, 0.3) is 11.8 Å². The van der Waals surface area contributed by atoms with Crippen LogP contribution in [0, 0.1) is 11.8 Å². The van der Waals surface area contributed by atoms with Crippen LogP contribution in [-0.4, -0.2) is 117 Å². The number of esters is 4. The lowest BCUT2D eigenvalue weighted by Gasteiger charge is -2.25. The zero-order chi connectivity index (χ0) is 60.5. The van der Waals surface area contributed by atoms with Gasteiger partial charge in [0.2, 0.25) is 11.8 Å². The highest BCUT2D eigenvalue weighted by molar-refractivity contribution is 6.03. The van der Waals surface area contributed by atoms with Crippen molar-refractivity contribution in [3.63, 3.8) is 0 Å². The van der Waals surface area contributed by atoms with Crippen LogP contribution in [0.3, 0.4) is 0 Å². The summed E-state index contributed by atoms with van der Waals surface area (Å²) in [5.74, 6) is -4.68. The number of carbonyl (C=O) groups excluding carboxylic acids is 8. The normalized spacial score (nSPS) is 15.1. The van der Waals surface area contributed by atoms with Crippen LogP contribution >= 0.6 is 0 Å². The molecule has 4 N–H and O–H groups in total. The topological polar surface area (TPSA) is 271 Å². The first kappa shape index (κ1) is 62.6. The molecule has 446 valence electrons. The van der Waals surface area contributed by atoms with E-state index >= 15 is 0 Å². The first-order chi connectivity index (χ1) is 40.4. The number of fused-ring (bicyclic) bond motifs is 8. The Hall–Kier alpha value is -9.01. The molecule has 1 aliphatic carbocycles. The Balaban J connectivity index is 1.59. The number of nitrogens with zero attached hydrogens (tertiary/aromatic N) is 1. The summed E-state index contributed by atoms with van der Waals surface area (Å²) in [6.07, 6.45) is 0.223. The lowest BCUT2D eigenvalue weighted by Crippen LogP contribution is -2.45. The van der Waals surface area contributed by atoms with E-state index in [1.165, 1.54) is 18.2 Å². The second kappa shape index (κ2) is 29.8. The largest absolute Gasteiger partial charge is 0.481 e. The van der Waals surface area contributed by atoms with Crippen LogP contribution in [0.15, 0.2) is 78.9 Å². The predicted octanol–water partition coefficient (Wildman–Crippen LogP) is 7.41. The van der Waals surface area contributed by atoms with Crippen molar-refractivity contribution in [2.24, 2.45) is 11.8 Å². The number of ether oxygens (including phenoxy) is 8. The number of aromatic nitrogens is 1. The summed E-state index contributed by atoms with van der Waals surface area (Å²) in [5.41, 5.74) is 3.85. The molecule has 3 aliphatic rings. The highest BCUT2D eigenvalue weighted by Crippen LogP contribution is 2.41. The van der Waals surface area contributed by atoms with Gasteiger partial charge in [-0.15, -0.1) is 0 Å². The minimum atomic E-state index is -1.15. The van der Waals surface area contributed by atoms with E-state index in [2.05, 4.69) is 26.3 Å². The van der Waals surface area contributed by atoms with Gasteiger partial charge in [-0.1, -0.05) is 70.2 Å². The third-order valence-electron chi connectivity index (χ3n) is 13.3. The van der Waals surface area contributed by atoms with Crippen molar-refractivity contribution < 1.29 is 76.3 Å². The molecule has 0 unspecified atom stereocenters. The van der Waals surface area contributed by atoms with Crippen LogP contribution in [0.2, 0.25) is 0 Å². The fourth-order valence-corrected chi connectivity index (χ4v) is 9.93. The third-order valence-corrected chi connectivity index (χ3v) is 13.3. The molecule has 0 saturated heterocycles. The Morgan fingerprint density at radius 2 is 0.714 bits per heavy atom. The van der Waals surface area contributed by atoms with Crippen LogP contribution in [0.4, 0.5) is 11.4 Å². The maximum absolute atomic E-state index is 14.8. The zero-order valence-electron chi connectivity index (χ0n) is 48.7. The molecule has 2 aliphatic heterocycles. The van der Waals surface area contributed by atoms with E-state index < -0.39 is 86.0 Å². The summed E-state index contributed by atoms with van der Waals surface area (Å²) < 4.78 is 47.2. The number of carbonyl (C=O) groups is 8. The Kier molecular flexibility index (Phi) is 22.2. The number of benzene rings is 4. The molecule has 1 aromatic heterocycles. The number of anilines is 2. The molecule has 5 aromatic rings. The molecular formula is C63H73N5O16. The highest BCUT2D eigenvalue weighted by Gasteiger charge is 2.30. The highest BCUT2D eigenvalue weighted by atomic mass is 16.6. The SMILES string of the molecule is CCOC(=O)COc1c2cccc1Cc1cc3cc(c1OCC(=O)OCC)Cc1cccc(c1OCC(=O)OCC)Cc1cc(cc(c1OCC(=O)OCC)C2)NC(=O)[C@H](CC(C)C)NC(=O)c1cccc(n1)C(=O)N[C@@H](CC(C)C)C(=O)N3. The second-order valence-electron chi connectivity index (χ2n) is 20.8. The van der Waals surface area contributed by atoms with Gasteiger partial charge in [0.15, 0.2) is 26.4 Å². The van der Waals surface area contributed by atoms with Crippen LogP contribution < -0.4 is 40.2 Å². The minimum absolute atomic E-state index is 0.0299. The van der Waals surface area contributed by atoms with Gasteiger partial charge in [-0.3, -0.25) is 19.2 Å². The molecule has 3 heterocycles. The summed E-state index contributed by atoms with van der Waals surface area (Å²) in [5, 5.41) is 11.7. The zero-order valence-corrected chi connectivity index (χ0v) is 48.7. The molecule has 84 heavy (non-hydrogen) atoms. The molecule has 12 bridgehead atoms. The molecule has 0 saturated carbocycles. The van der Waals surface area contributed by atoms with Crippen molar-refractivity contribution in [2.45, 2.75) is 106 Å². The van der Waals surface area contributed by atoms with Crippen molar-refractivity contribution in [1.29, 1.82) is 0 Å². The van der Waals surface area contributed by atoms with Gasteiger partial charge >= 0.3 is 23.9 Å². The van der Waals surface area contributed by atoms with E-state index in [1.807, 2.05) is 27.7 Å². The van der Waals surface area contributed by atoms with E-state index in [1.54, 1.807) is 88.4 Å². The Morgan fingerprint density at radius 1 is 0.440 bits per heavy atom. The fourth-order valence-electron chi connectivity index (χ4n) is 9.93. The lowest BCUT2D eigenvalue weighted by molar-refractivity contribution is -0.146. The number of rotatable bonds is 20. The van der Waals surface area contributed by atoms with E-state index in [0.717, 1.165) is 0 Å². The third kappa shape index (κ3) is 17.0. The smallest absolute Gasteiger partial charge is 0.344 e. The first-order valence-corrected chi connectivity index (χ1v) is 28.2. The minimum Gasteiger partial charge on any atom is -0.481 e. The molecule has 0 spiro atoms. The molecule has 4 aromatic carbocycles. The monoisotopic (exact) mass is 1160 g/mol. The molecule has 2 atom stereocenters. The van der Waals surface area contributed by atoms with E-state index in [0.29, 0.717) is 44.5 Å². The van der Waals surface area contributed by atoms with Crippen LogP contribution in [-0.2, 0) is 73.4 Å². The van der Waals surface area contributed by atoms with Crippen LogP contribution in [0.25, 0.3) is 0 Å². The van der Waals surface area contributed by atoms with Crippen molar-refractivity contribution in [3.05, 3.63) is 135 Å². The van der Waals surface area contributed by atoms with Gasteiger partial charge in [0, 0.05) is 59.3 Å². The summed E-state index contributed by atoms with van der Waals surface area (Å²) in [6, 6.07) is 19.4. The number of pyridine rings is 1. The molecule has 21 nitrogen and oxygen atoms in total. The molecule has 0 radical (unpaired) electrons. The molecule has 0 fully saturated rings. The van der Waals surface area contributed by atoms with Crippen molar-refractivity contribution in [2.75, 3.05) is 63.5 Å². The van der Waals surface area contributed by atoms with E-state index in [9.17, 15) is 38.4 Å². The van der Waals surface area contributed by atoms with Gasteiger partial charge in [0.05, 0.1) is 26.4 Å². The second-order valence-corrected chi connectivity index (χ2v) is 20.8. The average Bonchev–Trinajstić information content (AvgIpc) is 2.66. The maximum Gasteiger partial charge on any atom is 0.344 e. The number of amides is 4. The summed E-state index contributed by atoms with van der Waals surface area (Å²) in [4.78, 5) is 115. The number of para-hydroxylation sites is 2. The molecule has 4 amide bonds. The van der Waals surface area contributed by atoms with Gasteiger partial charge in [-0.05, 0) is 111 Å². The van der Waals surface area contributed by atoms with Crippen molar-refractivity contribution in [1.82, 2.24) is 15.6 Å². The van der Waals surface area contributed by atoms with E-state index in [4.69, 9.17) is 37.9 Å². The molecule has 8 rings (SSSR count). The van der Waals surface area contributed by atoms with Gasteiger partial charge in [0.1, 0.15) is 46.5 Å². The molecule has 21 heteroatoms. The van der Waals surface area contributed by atoms with Crippen molar-refractivity contribution >= 4 is 58.9 Å². The number of nitrogens with one attached hydrogen (secondary N) is 4. The Bertz CT molecular complexity index is 2950. The predicted molar refractivity (Wildman–Crippen MR) is 308 cm³/mol.